The van der Waals surface area contributed by atoms with E-state index in [1.54, 1.807) is 12.3 Å². The number of aryl methyl sites for hydroxylation is 2. The Labute approximate surface area is 127 Å². The summed E-state index contributed by atoms with van der Waals surface area (Å²) in [7, 11) is -3.82. The van der Waals surface area contributed by atoms with Gasteiger partial charge in [0.15, 0.2) is 5.82 Å². The molecule has 3 aromatic rings. The Morgan fingerprint density at radius 3 is 2.50 bits per heavy atom. The van der Waals surface area contributed by atoms with Gasteiger partial charge in [-0.1, -0.05) is 18.2 Å². The molecule has 0 aliphatic carbocycles. The Balaban J connectivity index is 1.98. The minimum Gasteiger partial charge on any atom is -0.266 e. The molecule has 0 aliphatic heterocycles. The second-order valence-corrected chi connectivity index (χ2v) is 6.38. The largest absolute Gasteiger partial charge is 0.266 e. The van der Waals surface area contributed by atoms with Crippen LogP contribution in [0.2, 0.25) is 0 Å². The number of hydrogen-bond donors (Lipinski definition) is 3. The lowest BCUT2D eigenvalue weighted by Crippen LogP contribution is -2.16. The quantitative estimate of drug-likeness (QED) is 0.656. The molecule has 1 aromatic carbocycles. The third-order valence-electron chi connectivity index (χ3n) is 3.37. The van der Waals surface area contributed by atoms with Gasteiger partial charge in [0, 0.05) is 17.5 Å². The Hall–Kier alpha value is -2.45. The van der Waals surface area contributed by atoms with E-state index in [4.69, 9.17) is 5.14 Å². The average molecular weight is 317 g/mol. The van der Waals surface area contributed by atoms with Crippen molar-refractivity contribution in [3.8, 4) is 11.4 Å². The Morgan fingerprint density at radius 2 is 1.91 bits per heavy atom. The zero-order valence-corrected chi connectivity index (χ0v) is 12.5. The summed E-state index contributed by atoms with van der Waals surface area (Å²) in [5.74, 6) is 0.473. The van der Waals surface area contributed by atoms with Gasteiger partial charge in [-0.25, -0.2) is 18.8 Å². The fraction of sp³-hybridized carbons (Fsp3) is 0.143. The predicted molar refractivity (Wildman–Crippen MR) is 81.4 cm³/mol. The molecule has 4 N–H and O–H groups in total. The highest BCUT2D eigenvalue weighted by molar-refractivity contribution is 7.89. The second-order valence-electron chi connectivity index (χ2n) is 4.85. The zero-order valence-electron chi connectivity index (χ0n) is 11.7. The molecule has 114 valence electrons. The van der Waals surface area contributed by atoms with Crippen LogP contribution in [0.15, 0.2) is 47.5 Å². The SMILES string of the molecule is NS(=O)(=O)c1cccc(CCc2ccccn2)c1-c1n[nH][nH]1. The predicted octanol–water partition coefficient (Wildman–Crippen LogP) is 1.23. The van der Waals surface area contributed by atoms with Gasteiger partial charge < -0.3 is 0 Å². The van der Waals surface area contributed by atoms with Crippen LogP contribution >= 0.6 is 0 Å². The summed E-state index contributed by atoms with van der Waals surface area (Å²) in [6, 6.07) is 10.8. The summed E-state index contributed by atoms with van der Waals surface area (Å²) < 4.78 is 23.6. The van der Waals surface area contributed by atoms with Crippen LogP contribution in [-0.2, 0) is 22.9 Å². The molecule has 3 rings (SSSR count). The molecule has 0 unspecified atom stereocenters. The highest BCUT2D eigenvalue weighted by atomic mass is 32.2. The summed E-state index contributed by atoms with van der Waals surface area (Å²) in [5.41, 5.74) is 2.31. The molecule has 0 spiro atoms. The van der Waals surface area contributed by atoms with Gasteiger partial charge in [0.2, 0.25) is 10.0 Å². The van der Waals surface area contributed by atoms with Gasteiger partial charge in [-0.05, 0) is 36.6 Å². The first-order valence-electron chi connectivity index (χ1n) is 6.69. The molecule has 0 saturated heterocycles. The van der Waals surface area contributed by atoms with E-state index in [2.05, 4.69) is 20.4 Å². The van der Waals surface area contributed by atoms with Crippen molar-refractivity contribution >= 4 is 10.0 Å². The number of nitrogens with zero attached hydrogens (tertiary/aromatic N) is 2. The monoisotopic (exact) mass is 317 g/mol. The Kier molecular flexibility index (Phi) is 3.78. The second kappa shape index (κ2) is 5.74. The molecule has 7 nitrogen and oxygen atoms in total. The van der Waals surface area contributed by atoms with Crippen molar-refractivity contribution in [1.82, 2.24) is 20.4 Å². The van der Waals surface area contributed by atoms with Crippen molar-refractivity contribution in [3.05, 3.63) is 53.9 Å². The van der Waals surface area contributed by atoms with Crippen LogP contribution in [0.4, 0.5) is 0 Å². The summed E-state index contributed by atoms with van der Waals surface area (Å²) in [4.78, 5) is 4.34. The maximum Gasteiger partial charge on any atom is 0.238 e. The van der Waals surface area contributed by atoms with E-state index < -0.39 is 10.0 Å². The van der Waals surface area contributed by atoms with Crippen molar-refractivity contribution in [2.45, 2.75) is 17.7 Å². The normalized spacial score (nSPS) is 11.7. The third-order valence-corrected chi connectivity index (χ3v) is 4.33. The van der Waals surface area contributed by atoms with E-state index in [9.17, 15) is 8.42 Å². The number of nitrogens with one attached hydrogen (secondary N) is 2. The van der Waals surface area contributed by atoms with Crippen molar-refractivity contribution in [2.75, 3.05) is 0 Å². The summed E-state index contributed by atoms with van der Waals surface area (Å²) in [6.07, 6.45) is 3.07. The average Bonchev–Trinajstić information content (AvgIpc) is 2.44. The number of hydrogen-bond acceptors (Lipinski definition) is 4. The first-order valence-corrected chi connectivity index (χ1v) is 8.24. The van der Waals surface area contributed by atoms with Crippen LogP contribution in [0.25, 0.3) is 11.4 Å². The lowest BCUT2D eigenvalue weighted by Gasteiger charge is -2.14. The van der Waals surface area contributed by atoms with Crippen molar-refractivity contribution in [2.24, 2.45) is 5.14 Å². The number of H-pyrrole nitrogens is 2. The van der Waals surface area contributed by atoms with Crippen LogP contribution < -0.4 is 5.14 Å². The topological polar surface area (TPSA) is 118 Å². The molecule has 0 radical (unpaired) electrons. The van der Waals surface area contributed by atoms with Crippen LogP contribution in [0.1, 0.15) is 11.3 Å². The van der Waals surface area contributed by atoms with Crippen molar-refractivity contribution < 1.29 is 8.42 Å². The van der Waals surface area contributed by atoms with Gasteiger partial charge in [0.05, 0.1) is 4.90 Å². The highest BCUT2D eigenvalue weighted by Crippen LogP contribution is 2.28. The molecule has 22 heavy (non-hydrogen) atoms. The van der Waals surface area contributed by atoms with Crippen LogP contribution in [0, 0.1) is 0 Å². The molecule has 0 atom stereocenters. The number of pyridine rings is 1. The number of nitrogens with two attached hydrogens (primary N) is 1. The van der Waals surface area contributed by atoms with E-state index in [1.165, 1.54) is 6.07 Å². The molecule has 2 aromatic heterocycles. The van der Waals surface area contributed by atoms with Gasteiger partial charge in [-0.2, -0.15) is 0 Å². The number of aromatic nitrogens is 4. The molecule has 0 fully saturated rings. The van der Waals surface area contributed by atoms with Crippen LogP contribution in [0.3, 0.4) is 0 Å². The lowest BCUT2D eigenvalue weighted by molar-refractivity contribution is 0.597. The van der Waals surface area contributed by atoms with E-state index in [0.717, 1.165) is 11.3 Å². The summed E-state index contributed by atoms with van der Waals surface area (Å²) in [6.45, 7) is 0. The fourth-order valence-corrected chi connectivity index (χ4v) is 3.11. The number of rotatable bonds is 5. The van der Waals surface area contributed by atoms with Gasteiger partial charge in [0.25, 0.3) is 0 Å². The molecule has 0 aliphatic rings. The number of primary sulfonamides is 1. The molecule has 0 saturated carbocycles. The number of aromatic amines is 2. The molecular formula is C14H15N5O2S. The number of sulfonamides is 1. The molecule has 2 heterocycles. The number of benzene rings is 1. The maximum absolute atomic E-state index is 11.8. The summed E-state index contributed by atoms with van der Waals surface area (Å²) in [5, 5.41) is 14.6. The minimum atomic E-state index is -3.82. The van der Waals surface area contributed by atoms with E-state index in [0.29, 0.717) is 24.2 Å². The van der Waals surface area contributed by atoms with Crippen LogP contribution in [0.5, 0.6) is 0 Å². The van der Waals surface area contributed by atoms with E-state index >= 15 is 0 Å². The Morgan fingerprint density at radius 1 is 1.09 bits per heavy atom. The molecular weight excluding hydrogens is 302 g/mol. The fourth-order valence-electron chi connectivity index (χ4n) is 2.33. The van der Waals surface area contributed by atoms with Crippen molar-refractivity contribution in [1.29, 1.82) is 0 Å². The van der Waals surface area contributed by atoms with Gasteiger partial charge >= 0.3 is 0 Å². The Bertz CT molecular complexity index is 859. The zero-order chi connectivity index (χ0) is 15.6. The van der Waals surface area contributed by atoms with E-state index in [1.807, 2.05) is 24.3 Å². The first-order chi connectivity index (χ1) is 10.6. The molecule has 8 heteroatoms. The highest BCUT2D eigenvalue weighted by Gasteiger charge is 2.21. The lowest BCUT2D eigenvalue weighted by atomic mass is 10.0. The summed E-state index contributed by atoms with van der Waals surface area (Å²) >= 11 is 0. The van der Waals surface area contributed by atoms with Crippen LogP contribution in [-0.4, -0.2) is 28.8 Å². The van der Waals surface area contributed by atoms with Gasteiger partial charge in [0.1, 0.15) is 0 Å². The molecule has 0 bridgehead atoms. The molecule has 0 amide bonds. The minimum absolute atomic E-state index is 0.0683. The first kappa shape index (κ1) is 14.5. The maximum atomic E-state index is 11.8. The third kappa shape index (κ3) is 2.92. The van der Waals surface area contributed by atoms with Gasteiger partial charge in [-0.3, -0.25) is 10.1 Å². The standard InChI is InChI=1S/C14H15N5O2S/c15-22(20,21)12-6-3-4-10(13(12)14-17-19-18-14)7-8-11-5-1-2-9-16-11/h1-6,9,19H,7-8H2,(H,17,18)(H2,15,20,21). The van der Waals surface area contributed by atoms with Crippen molar-refractivity contribution in [3.63, 3.8) is 0 Å². The van der Waals surface area contributed by atoms with Gasteiger partial charge in [-0.15, -0.1) is 5.10 Å². The smallest absolute Gasteiger partial charge is 0.238 e. The van der Waals surface area contributed by atoms with E-state index in [-0.39, 0.29) is 4.90 Å².